The van der Waals surface area contributed by atoms with Gasteiger partial charge in [-0.05, 0) is 58.8 Å². The second-order valence-corrected chi connectivity index (χ2v) is 5.98. The fourth-order valence-corrected chi connectivity index (χ4v) is 2.94. The lowest BCUT2D eigenvalue weighted by molar-refractivity contribution is 0.149. The van der Waals surface area contributed by atoms with Crippen LogP contribution in [0, 0.1) is 6.92 Å². The Hall–Kier alpha value is -1.06. The van der Waals surface area contributed by atoms with E-state index >= 15 is 0 Å². The number of aliphatic hydroxyl groups is 1. The van der Waals surface area contributed by atoms with E-state index in [-0.39, 0.29) is 0 Å². The van der Waals surface area contributed by atoms with Gasteiger partial charge < -0.3 is 14.7 Å². The topological polar surface area (TPSA) is 32.7 Å². The monoisotopic (exact) mass is 277 g/mol. The molecule has 0 bridgehead atoms. The smallest absolute Gasteiger partial charge is 0.125 e. The third-order valence-electron chi connectivity index (χ3n) is 4.25. The molecule has 1 aliphatic rings. The van der Waals surface area contributed by atoms with Crippen molar-refractivity contribution in [2.45, 2.75) is 51.7 Å². The first-order valence-electron chi connectivity index (χ1n) is 7.69. The molecule has 0 saturated carbocycles. The van der Waals surface area contributed by atoms with Gasteiger partial charge in [-0.15, -0.1) is 0 Å². The maximum Gasteiger partial charge on any atom is 0.125 e. The molecule has 0 aliphatic carbocycles. The third kappa shape index (κ3) is 3.97. The molecule has 1 aliphatic heterocycles. The minimum atomic E-state index is -0.484. The highest BCUT2D eigenvalue weighted by Gasteiger charge is 2.19. The summed E-state index contributed by atoms with van der Waals surface area (Å²) < 4.78 is 5.92. The molecule has 0 radical (unpaired) electrons. The summed E-state index contributed by atoms with van der Waals surface area (Å²) in [5, 5.41) is 9.83. The van der Waals surface area contributed by atoms with Crippen molar-refractivity contribution in [3.63, 3.8) is 0 Å². The highest BCUT2D eigenvalue weighted by molar-refractivity contribution is 5.38. The molecule has 0 spiro atoms. The number of benzene rings is 1. The molecular formula is C17H27NO2. The Morgan fingerprint density at radius 2 is 2.20 bits per heavy atom. The first-order chi connectivity index (χ1) is 9.58. The van der Waals surface area contributed by atoms with Gasteiger partial charge >= 0.3 is 0 Å². The van der Waals surface area contributed by atoms with Gasteiger partial charge in [-0.1, -0.05) is 18.1 Å². The fourth-order valence-electron chi connectivity index (χ4n) is 2.94. The molecule has 3 heteroatoms. The van der Waals surface area contributed by atoms with Gasteiger partial charge in [0.05, 0.1) is 12.7 Å². The van der Waals surface area contributed by atoms with Crippen LogP contribution >= 0.6 is 0 Å². The van der Waals surface area contributed by atoms with Crippen LogP contribution in [0.1, 0.15) is 49.8 Å². The lowest BCUT2D eigenvalue weighted by Crippen LogP contribution is -2.37. The molecule has 1 heterocycles. The zero-order valence-electron chi connectivity index (χ0n) is 12.9. The van der Waals surface area contributed by atoms with E-state index in [1.807, 2.05) is 25.1 Å². The van der Waals surface area contributed by atoms with Crippen molar-refractivity contribution in [3.8, 4) is 5.75 Å². The van der Waals surface area contributed by atoms with E-state index in [1.165, 1.54) is 25.8 Å². The zero-order valence-corrected chi connectivity index (χ0v) is 12.9. The Morgan fingerprint density at radius 1 is 1.40 bits per heavy atom. The minimum absolute atomic E-state index is 0.484. The SMILES string of the molecule is Cc1ccc(OCCC2CCCCN2C)c([C@@H](C)O)c1. The van der Waals surface area contributed by atoms with Gasteiger partial charge in [0.15, 0.2) is 0 Å². The summed E-state index contributed by atoms with van der Waals surface area (Å²) in [6, 6.07) is 6.66. The van der Waals surface area contributed by atoms with Crippen LogP contribution < -0.4 is 4.74 Å². The standard InChI is InChI=1S/C17H27NO2/c1-13-7-8-17(16(12-13)14(2)19)20-11-9-15-6-4-5-10-18(15)3/h7-8,12,14-15,19H,4-6,9-11H2,1-3H3/t14-,15?/m1/s1. The van der Waals surface area contributed by atoms with Crippen LogP contribution in [0.25, 0.3) is 0 Å². The van der Waals surface area contributed by atoms with Crippen LogP contribution in [-0.2, 0) is 0 Å². The second kappa shape index (κ2) is 7.09. The molecule has 0 amide bonds. The van der Waals surface area contributed by atoms with E-state index in [0.717, 1.165) is 29.9 Å². The van der Waals surface area contributed by atoms with E-state index in [4.69, 9.17) is 4.74 Å². The van der Waals surface area contributed by atoms with Crippen molar-refractivity contribution in [2.75, 3.05) is 20.2 Å². The van der Waals surface area contributed by atoms with Crippen molar-refractivity contribution < 1.29 is 9.84 Å². The maximum atomic E-state index is 9.83. The summed E-state index contributed by atoms with van der Waals surface area (Å²) in [7, 11) is 2.21. The summed E-state index contributed by atoms with van der Waals surface area (Å²) in [5.41, 5.74) is 2.04. The van der Waals surface area contributed by atoms with Crippen molar-refractivity contribution in [2.24, 2.45) is 0 Å². The highest BCUT2D eigenvalue weighted by atomic mass is 16.5. The molecule has 2 rings (SSSR count). The van der Waals surface area contributed by atoms with E-state index in [1.54, 1.807) is 6.92 Å². The van der Waals surface area contributed by atoms with Crippen LogP contribution in [0.3, 0.4) is 0 Å². The Kier molecular flexibility index (Phi) is 5.44. The number of nitrogens with zero attached hydrogens (tertiary/aromatic N) is 1. The Labute approximate surface area is 122 Å². The average Bonchev–Trinajstić information content (AvgIpc) is 2.42. The Balaban J connectivity index is 1.90. The van der Waals surface area contributed by atoms with E-state index in [0.29, 0.717) is 6.04 Å². The molecule has 20 heavy (non-hydrogen) atoms. The van der Waals surface area contributed by atoms with Gasteiger partial charge in [-0.2, -0.15) is 0 Å². The molecule has 0 aromatic heterocycles. The number of hydrogen-bond donors (Lipinski definition) is 1. The van der Waals surface area contributed by atoms with Crippen molar-refractivity contribution >= 4 is 0 Å². The maximum absolute atomic E-state index is 9.83. The number of rotatable bonds is 5. The van der Waals surface area contributed by atoms with Crippen molar-refractivity contribution in [1.82, 2.24) is 4.90 Å². The van der Waals surface area contributed by atoms with Crippen LogP contribution in [0.2, 0.25) is 0 Å². The van der Waals surface area contributed by atoms with Gasteiger partial charge in [-0.25, -0.2) is 0 Å². The molecule has 1 unspecified atom stereocenters. The van der Waals surface area contributed by atoms with Crippen LogP contribution in [-0.4, -0.2) is 36.2 Å². The van der Waals surface area contributed by atoms with Gasteiger partial charge in [0.1, 0.15) is 5.75 Å². The quantitative estimate of drug-likeness (QED) is 0.896. The molecule has 2 atom stereocenters. The van der Waals surface area contributed by atoms with E-state index < -0.39 is 6.10 Å². The number of ether oxygens (including phenoxy) is 1. The predicted octanol–water partition coefficient (Wildman–Crippen LogP) is 3.30. The summed E-state index contributed by atoms with van der Waals surface area (Å²) in [4.78, 5) is 2.44. The number of hydrogen-bond acceptors (Lipinski definition) is 3. The summed E-state index contributed by atoms with van der Waals surface area (Å²) in [6.45, 7) is 5.75. The summed E-state index contributed by atoms with van der Waals surface area (Å²) in [6.07, 6.45) is 4.50. The largest absolute Gasteiger partial charge is 0.493 e. The van der Waals surface area contributed by atoms with E-state index in [9.17, 15) is 5.11 Å². The molecule has 1 saturated heterocycles. The first-order valence-corrected chi connectivity index (χ1v) is 7.69. The van der Waals surface area contributed by atoms with Gasteiger partial charge in [0, 0.05) is 11.6 Å². The molecule has 1 aromatic rings. The molecule has 1 aromatic carbocycles. The minimum Gasteiger partial charge on any atom is -0.493 e. The molecular weight excluding hydrogens is 250 g/mol. The summed E-state index contributed by atoms with van der Waals surface area (Å²) in [5.74, 6) is 0.823. The van der Waals surface area contributed by atoms with Crippen LogP contribution in [0.15, 0.2) is 18.2 Å². The Morgan fingerprint density at radius 3 is 2.90 bits per heavy atom. The molecule has 112 valence electrons. The van der Waals surface area contributed by atoms with Crippen LogP contribution in [0.5, 0.6) is 5.75 Å². The normalized spacial score (nSPS) is 21.7. The van der Waals surface area contributed by atoms with Gasteiger partial charge in [0.25, 0.3) is 0 Å². The average molecular weight is 277 g/mol. The van der Waals surface area contributed by atoms with Gasteiger partial charge in [0.2, 0.25) is 0 Å². The van der Waals surface area contributed by atoms with Crippen LogP contribution in [0.4, 0.5) is 0 Å². The third-order valence-corrected chi connectivity index (χ3v) is 4.25. The van der Waals surface area contributed by atoms with Crippen molar-refractivity contribution in [3.05, 3.63) is 29.3 Å². The predicted molar refractivity (Wildman–Crippen MR) is 82.2 cm³/mol. The second-order valence-electron chi connectivity index (χ2n) is 5.98. The van der Waals surface area contributed by atoms with Gasteiger partial charge in [-0.3, -0.25) is 0 Å². The number of likely N-dealkylation sites (tertiary alicyclic amines) is 1. The first kappa shape index (κ1) is 15.3. The highest BCUT2D eigenvalue weighted by Crippen LogP contribution is 2.27. The number of aliphatic hydroxyl groups excluding tert-OH is 1. The van der Waals surface area contributed by atoms with E-state index in [2.05, 4.69) is 11.9 Å². The number of piperidine rings is 1. The zero-order chi connectivity index (χ0) is 14.5. The molecule has 1 fully saturated rings. The summed E-state index contributed by atoms with van der Waals surface area (Å²) >= 11 is 0. The number of aryl methyl sites for hydroxylation is 1. The molecule has 1 N–H and O–H groups in total. The van der Waals surface area contributed by atoms with Crippen molar-refractivity contribution in [1.29, 1.82) is 0 Å². The molecule has 3 nitrogen and oxygen atoms in total. The fraction of sp³-hybridized carbons (Fsp3) is 0.647. The lowest BCUT2D eigenvalue weighted by atomic mass is 10.0. The Bertz CT molecular complexity index is 431. The lowest BCUT2D eigenvalue weighted by Gasteiger charge is -2.32.